The number of aromatic hydroxyl groups is 1. The highest BCUT2D eigenvalue weighted by Crippen LogP contribution is 2.30. The fraction of sp³-hybridized carbons (Fsp3) is 0.667. The molecule has 0 aliphatic rings. The Morgan fingerprint density at radius 2 is 1.69 bits per heavy atom. The van der Waals surface area contributed by atoms with E-state index in [0.717, 1.165) is 19.3 Å². The molecule has 2 unspecified atom stereocenters. The second-order valence-corrected chi connectivity index (χ2v) is 10.3. The number of phenolic OH excluding ortho intramolecular Hbond substituents is 1. The third-order valence-electron chi connectivity index (χ3n) is 5.35. The Balaban J connectivity index is 3.42. The maximum Gasteiger partial charge on any atom is 0.408 e. The van der Waals surface area contributed by atoms with Crippen LogP contribution in [0.2, 0.25) is 0 Å². The molecule has 0 saturated heterocycles. The van der Waals surface area contributed by atoms with Crippen molar-refractivity contribution >= 4 is 17.9 Å². The summed E-state index contributed by atoms with van der Waals surface area (Å²) in [4.78, 5) is 41.4. The quantitative estimate of drug-likeness (QED) is 0.340. The van der Waals surface area contributed by atoms with Gasteiger partial charge in [-0.15, -0.1) is 0 Å². The number of alkyl carbamates (subject to hydrolysis) is 1. The monoisotopic (exact) mass is 491 g/mol. The van der Waals surface area contributed by atoms with Gasteiger partial charge in [-0.3, -0.25) is 9.59 Å². The van der Waals surface area contributed by atoms with Crippen molar-refractivity contribution in [3.63, 3.8) is 0 Å². The molecule has 1 aromatic rings. The summed E-state index contributed by atoms with van der Waals surface area (Å²) in [5.74, 6) is -0.686. The molecule has 3 amide bonds. The van der Waals surface area contributed by atoms with Crippen LogP contribution < -0.4 is 10.6 Å². The molecule has 0 bridgehead atoms. The Kier molecular flexibility index (Phi) is 12.6. The van der Waals surface area contributed by atoms with Crippen molar-refractivity contribution < 1.29 is 24.2 Å². The minimum Gasteiger partial charge on any atom is -0.508 e. The Morgan fingerprint density at radius 3 is 2.23 bits per heavy atom. The number of amides is 3. The lowest BCUT2D eigenvalue weighted by Gasteiger charge is -2.35. The molecule has 0 saturated carbocycles. The van der Waals surface area contributed by atoms with E-state index in [4.69, 9.17) is 4.74 Å². The first-order chi connectivity index (χ1) is 16.4. The number of hydrogen-bond donors (Lipinski definition) is 3. The largest absolute Gasteiger partial charge is 0.508 e. The van der Waals surface area contributed by atoms with Gasteiger partial charge in [-0.1, -0.05) is 58.7 Å². The van der Waals surface area contributed by atoms with Crippen LogP contribution in [0.3, 0.4) is 0 Å². The summed E-state index contributed by atoms with van der Waals surface area (Å²) in [5.41, 5.74) is -0.360. The molecule has 198 valence electrons. The number of carbonyl (C=O) groups excluding carboxylic acids is 3. The zero-order chi connectivity index (χ0) is 26.6. The Morgan fingerprint density at radius 1 is 1.06 bits per heavy atom. The average Bonchev–Trinajstić information content (AvgIpc) is 2.75. The van der Waals surface area contributed by atoms with E-state index in [2.05, 4.69) is 10.6 Å². The van der Waals surface area contributed by atoms with Crippen LogP contribution in [0.4, 0.5) is 4.79 Å². The topological polar surface area (TPSA) is 108 Å². The molecule has 8 heteroatoms. The lowest BCUT2D eigenvalue weighted by atomic mass is 9.98. The number of carbonyl (C=O) groups is 3. The molecule has 0 spiro atoms. The zero-order valence-electron chi connectivity index (χ0n) is 22.5. The van der Waals surface area contributed by atoms with E-state index in [1.165, 1.54) is 11.0 Å². The van der Waals surface area contributed by atoms with Gasteiger partial charge < -0.3 is 25.4 Å². The van der Waals surface area contributed by atoms with Crippen molar-refractivity contribution in [2.45, 2.75) is 98.3 Å². The first kappa shape index (κ1) is 30.3. The van der Waals surface area contributed by atoms with E-state index in [1.54, 1.807) is 39.0 Å². The zero-order valence-corrected chi connectivity index (χ0v) is 22.5. The lowest BCUT2D eigenvalue weighted by Crippen LogP contribution is -2.53. The normalized spacial score (nSPS) is 13.1. The fourth-order valence-electron chi connectivity index (χ4n) is 3.69. The summed E-state index contributed by atoms with van der Waals surface area (Å²) < 4.78 is 5.40. The van der Waals surface area contributed by atoms with Crippen LogP contribution in [-0.4, -0.2) is 52.6 Å². The number of benzene rings is 1. The van der Waals surface area contributed by atoms with E-state index < -0.39 is 23.8 Å². The molecule has 2 atom stereocenters. The molecule has 35 heavy (non-hydrogen) atoms. The highest BCUT2D eigenvalue weighted by atomic mass is 16.6. The summed E-state index contributed by atoms with van der Waals surface area (Å²) >= 11 is 0. The van der Waals surface area contributed by atoms with Gasteiger partial charge in [0.15, 0.2) is 0 Å². The van der Waals surface area contributed by atoms with Crippen LogP contribution in [0.1, 0.15) is 92.2 Å². The molecule has 0 heterocycles. The maximum atomic E-state index is 13.9. The number of ether oxygens (including phenoxy) is 1. The molecule has 8 nitrogen and oxygen atoms in total. The molecule has 1 rings (SSSR count). The van der Waals surface area contributed by atoms with Crippen LogP contribution in [0, 0.1) is 5.92 Å². The van der Waals surface area contributed by atoms with E-state index in [-0.39, 0.29) is 23.5 Å². The number of unbranched alkanes of at least 4 members (excludes halogenated alkanes) is 2. The van der Waals surface area contributed by atoms with Gasteiger partial charge in [-0.05, 0) is 52.0 Å². The molecule has 0 aliphatic carbocycles. The van der Waals surface area contributed by atoms with Gasteiger partial charge in [0, 0.05) is 18.7 Å². The van der Waals surface area contributed by atoms with Crippen molar-refractivity contribution in [2.75, 3.05) is 13.1 Å². The van der Waals surface area contributed by atoms with Crippen molar-refractivity contribution in [2.24, 2.45) is 5.92 Å². The standard InChI is InChI=1S/C27H45N3O5/c1-8-10-16-28-24(32)23(20-14-12-13-15-22(20)31)30(17-11-9-2)25(33)21(18-19(3)4)29-26(34)35-27(5,6)7/h12-15,19,21,23,31H,8-11,16-18H2,1-7H3,(H,28,32)(H,29,34). The molecule has 0 radical (unpaired) electrons. The lowest BCUT2D eigenvalue weighted by molar-refractivity contribution is -0.143. The summed E-state index contributed by atoms with van der Waals surface area (Å²) in [7, 11) is 0. The highest BCUT2D eigenvalue weighted by Gasteiger charge is 2.37. The Labute approximate surface area is 210 Å². The van der Waals surface area contributed by atoms with Gasteiger partial charge >= 0.3 is 6.09 Å². The number of nitrogens with zero attached hydrogens (tertiary/aromatic N) is 1. The van der Waals surface area contributed by atoms with Crippen LogP contribution >= 0.6 is 0 Å². The predicted molar refractivity (Wildman–Crippen MR) is 138 cm³/mol. The number of para-hydroxylation sites is 1. The average molecular weight is 492 g/mol. The third-order valence-corrected chi connectivity index (χ3v) is 5.35. The number of hydrogen-bond acceptors (Lipinski definition) is 5. The van der Waals surface area contributed by atoms with E-state index in [9.17, 15) is 19.5 Å². The molecule has 0 aliphatic heterocycles. The minimum absolute atomic E-state index is 0.0575. The van der Waals surface area contributed by atoms with Crippen LogP contribution in [0.5, 0.6) is 5.75 Å². The van der Waals surface area contributed by atoms with E-state index in [1.807, 2.05) is 27.7 Å². The van der Waals surface area contributed by atoms with Crippen LogP contribution in [0.15, 0.2) is 24.3 Å². The van der Waals surface area contributed by atoms with Gasteiger partial charge in [0.25, 0.3) is 0 Å². The highest BCUT2D eigenvalue weighted by molar-refractivity contribution is 5.92. The molecule has 0 fully saturated rings. The summed E-state index contributed by atoms with van der Waals surface area (Å²) in [6, 6.07) is 4.67. The summed E-state index contributed by atoms with van der Waals surface area (Å²) in [5, 5.41) is 16.3. The second-order valence-electron chi connectivity index (χ2n) is 10.3. The van der Waals surface area contributed by atoms with Crippen molar-refractivity contribution in [1.29, 1.82) is 0 Å². The molecule has 3 N–H and O–H groups in total. The fourth-order valence-corrected chi connectivity index (χ4v) is 3.69. The van der Waals surface area contributed by atoms with Crippen molar-refractivity contribution in [3.05, 3.63) is 29.8 Å². The second kappa shape index (κ2) is 14.6. The van der Waals surface area contributed by atoms with E-state index >= 15 is 0 Å². The number of nitrogens with one attached hydrogen (secondary N) is 2. The molecular formula is C27H45N3O5. The summed E-state index contributed by atoms with van der Waals surface area (Å²) in [6.45, 7) is 14.0. The molecule has 1 aromatic carbocycles. The smallest absolute Gasteiger partial charge is 0.408 e. The SMILES string of the molecule is CCCCNC(=O)C(c1ccccc1O)N(CCCC)C(=O)C(CC(C)C)NC(=O)OC(C)(C)C. The van der Waals surface area contributed by atoms with Gasteiger partial charge in [0.2, 0.25) is 11.8 Å². The van der Waals surface area contributed by atoms with Gasteiger partial charge in [0.05, 0.1) is 0 Å². The van der Waals surface area contributed by atoms with Gasteiger partial charge in [0.1, 0.15) is 23.4 Å². The first-order valence-electron chi connectivity index (χ1n) is 12.8. The van der Waals surface area contributed by atoms with Crippen molar-refractivity contribution in [1.82, 2.24) is 15.5 Å². The van der Waals surface area contributed by atoms with Crippen LogP contribution in [-0.2, 0) is 14.3 Å². The Bertz CT molecular complexity index is 819. The van der Waals surface area contributed by atoms with Crippen molar-refractivity contribution in [3.8, 4) is 5.75 Å². The molecular weight excluding hydrogens is 446 g/mol. The summed E-state index contributed by atoms with van der Waals surface area (Å²) in [6.07, 6.45) is 2.89. The first-order valence-corrected chi connectivity index (χ1v) is 12.8. The number of rotatable bonds is 13. The van der Waals surface area contributed by atoms with Gasteiger partial charge in [-0.2, -0.15) is 0 Å². The van der Waals surface area contributed by atoms with Gasteiger partial charge in [-0.25, -0.2) is 4.79 Å². The Hall–Kier alpha value is -2.77. The third kappa shape index (κ3) is 10.6. The number of phenols is 1. The molecule has 0 aromatic heterocycles. The van der Waals surface area contributed by atoms with E-state index in [0.29, 0.717) is 31.5 Å². The predicted octanol–water partition coefficient (Wildman–Crippen LogP) is 4.92. The van der Waals surface area contributed by atoms with Crippen LogP contribution in [0.25, 0.3) is 0 Å². The minimum atomic E-state index is -1.03. The maximum absolute atomic E-state index is 13.9.